The second-order valence-corrected chi connectivity index (χ2v) is 8.75. The predicted molar refractivity (Wildman–Crippen MR) is 124 cm³/mol. The molecule has 1 aromatic heterocycles. The van der Waals surface area contributed by atoms with Gasteiger partial charge in [-0.15, -0.1) is 0 Å². The fraction of sp³-hybridized carbons (Fsp3) is 0.292. The normalized spacial score (nSPS) is 21.1. The number of anilines is 2. The van der Waals surface area contributed by atoms with E-state index in [-0.39, 0.29) is 29.5 Å². The molecule has 6 rings (SSSR count). The highest BCUT2D eigenvalue weighted by Gasteiger charge is 2.49. The molecule has 0 spiro atoms. The maximum atomic E-state index is 14.5. The first-order valence-electron chi connectivity index (χ1n) is 10.7. The van der Waals surface area contributed by atoms with Crippen LogP contribution >= 0.6 is 11.6 Å². The Kier molecular flexibility index (Phi) is 5.73. The fourth-order valence-electron chi connectivity index (χ4n) is 4.66. The molecule has 176 valence electrons. The van der Waals surface area contributed by atoms with Crippen LogP contribution in [0.25, 0.3) is 10.9 Å². The lowest BCUT2D eigenvalue weighted by molar-refractivity contribution is -0.142. The predicted octanol–water partition coefficient (Wildman–Crippen LogP) is 4.73. The summed E-state index contributed by atoms with van der Waals surface area (Å²) in [6.07, 6.45) is 3.59. The number of nitrogens with zero attached hydrogens (tertiary/aromatic N) is 3. The molecule has 1 unspecified atom stereocenters. The number of amides is 1. The number of carbonyl (C=O) groups is 1. The molecule has 34 heavy (non-hydrogen) atoms. The number of halogens is 3. The lowest BCUT2D eigenvalue weighted by atomic mass is 9.68. The van der Waals surface area contributed by atoms with E-state index in [1.54, 1.807) is 17.0 Å². The summed E-state index contributed by atoms with van der Waals surface area (Å²) < 4.78 is 39.9. The highest BCUT2D eigenvalue weighted by atomic mass is 35.5. The number of piperidine rings is 2. The third-order valence-corrected chi connectivity index (χ3v) is 6.75. The third kappa shape index (κ3) is 3.79. The Bertz CT molecular complexity index is 1290. The first-order chi connectivity index (χ1) is 16.4. The minimum Gasteiger partial charge on any atom is -0.493 e. The van der Waals surface area contributed by atoms with Gasteiger partial charge in [0.15, 0.2) is 17.3 Å². The number of fused-ring (bicyclic) bond motifs is 3. The maximum Gasteiger partial charge on any atom is 0.245 e. The van der Waals surface area contributed by atoms with Crippen molar-refractivity contribution in [1.29, 1.82) is 0 Å². The van der Waals surface area contributed by atoms with Crippen molar-refractivity contribution in [1.82, 2.24) is 14.9 Å². The summed E-state index contributed by atoms with van der Waals surface area (Å²) in [7, 11) is 1.54. The Morgan fingerprint density at radius 2 is 2.00 bits per heavy atom. The minimum atomic E-state index is -0.917. The van der Waals surface area contributed by atoms with Crippen LogP contribution in [-0.4, -0.2) is 47.1 Å². The van der Waals surface area contributed by atoms with Crippen molar-refractivity contribution in [2.75, 3.05) is 25.5 Å². The Morgan fingerprint density at radius 3 is 2.71 bits per heavy atom. The van der Waals surface area contributed by atoms with E-state index in [0.29, 0.717) is 41.3 Å². The number of methoxy groups -OCH3 is 1. The summed E-state index contributed by atoms with van der Waals surface area (Å²) in [5.74, 6) is -0.124. The van der Waals surface area contributed by atoms with Gasteiger partial charge in [0.25, 0.3) is 0 Å². The molecule has 2 aliphatic heterocycles. The molecule has 3 fully saturated rings. The Morgan fingerprint density at radius 1 is 1.24 bits per heavy atom. The van der Waals surface area contributed by atoms with Gasteiger partial charge in [-0.25, -0.2) is 18.7 Å². The van der Waals surface area contributed by atoms with Gasteiger partial charge in [-0.2, -0.15) is 0 Å². The molecule has 1 N–H and O–H groups in total. The Hall–Kier alpha value is -3.46. The molecular formula is C24H21ClF2N4O3. The largest absolute Gasteiger partial charge is 0.493 e. The van der Waals surface area contributed by atoms with Crippen LogP contribution in [0, 0.1) is 23.5 Å². The number of nitrogens with one attached hydrogen (secondary N) is 1. The summed E-state index contributed by atoms with van der Waals surface area (Å²) in [6, 6.07) is 5.77. The van der Waals surface area contributed by atoms with Crippen LogP contribution < -0.4 is 14.8 Å². The van der Waals surface area contributed by atoms with E-state index in [1.165, 1.54) is 25.6 Å². The lowest BCUT2D eigenvalue weighted by Crippen LogP contribution is -2.61. The highest BCUT2D eigenvalue weighted by molar-refractivity contribution is 6.31. The lowest BCUT2D eigenvalue weighted by Gasteiger charge is -2.52. The molecule has 2 bridgehead atoms. The van der Waals surface area contributed by atoms with E-state index in [9.17, 15) is 13.6 Å². The van der Waals surface area contributed by atoms with Crippen LogP contribution in [0.4, 0.5) is 20.3 Å². The van der Waals surface area contributed by atoms with Crippen molar-refractivity contribution in [3.63, 3.8) is 0 Å². The monoisotopic (exact) mass is 486 g/mol. The average molecular weight is 487 g/mol. The van der Waals surface area contributed by atoms with Crippen LogP contribution in [0.2, 0.25) is 5.02 Å². The molecule has 2 aromatic carbocycles. The second-order valence-electron chi connectivity index (χ2n) is 8.38. The Labute approximate surface area is 199 Å². The van der Waals surface area contributed by atoms with Crippen molar-refractivity contribution in [2.45, 2.75) is 12.5 Å². The fourth-order valence-corrected chi connectivity index (χ4v) is 4.82. The zero-order chi connectivity index (χ0) is 24.0. The maximum absolute atomic E-state index is 14.5. The Balaban J connectivity index is 1.45. The molecule has 2 saturated heterocycles. The van der Waals surface area contributed by atoms with Crippen LogP contribution in [0.5, 0.6) is 11.5 Å². The van der Waals surface area contributed by atoms with E-state index >= 15 is 0 Å². The van der Waals surface area contributed by atoms with E-state index < -0.39 is 16.7 Å². The van der Waals surface area contributed by atoms with Gasteiger partial charge < -0.3 is 19.7 Å². The molecule has 1 saturated carbocycles. The van der Waals surface area contributed by atoms with Crippen LogP contribution in [-0.2, 0) is 4.79 Å². The SMILES string of the molecule is C=CC(=O)N1C[C@H]2C[C@@H](C1)C2Oc1cc2c(Nc3ccc(F)c(Cl)c3F)ncnc2cc1OC. The molecule has 3 aliphatic rings. The molecule has 3 heterocycles. The van der Waals surface area contributed by atoms with Gasteiger partial charge in [-0.3, -0.25) is 4.79 Å². The molecule has 1 aliphatic carbocycles. The van der Waals surface area contributed by atoms with Gasteiger partial charge in [-0.1, -0.05) is 18.2 Å². The first kappa shape index (κ1) is 22.3. The summed E-state index contributed by atoms with van der Waals surface area (Å²) in [4.78, 5) is 22.3. The summed E-state index contributed by atoms with van der Waals surface area (Å²) in [5, 5.41) is 2.83. The molecule has 7 nitrogen and oxygen atoms in total. The number of aromatic nitrogens is 2. The number of rotatable bonds is 6. The van der Waals surface area contributed by atoms with Gasteiger partial charge in [0.05, 0.1) is 18.3 Å². The van der Waals surface area contributed by atoms with E-state index in [1.807, 2.05) is 0 Å². The quantitative estimate of drug-likeness (QED) is 0.401. The van der Waals surface area contributed by atoms with E-state index in [0.717, 1.165) is 12.5 Å². The molecule has 10 heteroatoms. The zero-order valence-corrected chi connectivity index (χ0v) is 19.0. The molecule has 1 amide bonds. The third-order valence-electron chi connectivity index (χ3n) is 6.40. The molecular weight excluding hydrogens is 466 g/mol. The van der Waals surface area contributed by atoms with Crippen molar-refractivity contribution in [2.24, 2.45) is 11.8 Å². The number of hydrogen-bond acceptors (Lipinski definition) is 6. The van der Waals surface area contributed by atoms with Crippen LogP contribution in [0.15, 0.2) is 43.2 Å². The zero-order valence-electron chi connectivity index (χ0n) is 18.2. The van der Waals surface area contributed by atoms with Gasteiger partial charge in [0.2, 0.25) is 5.91 Å². The van der Waals surface area contributed by atoms with E-state index in [2.05, 4.69) is 21.9 Å². The topological polar surface area (TPSA) is 76.6 Å². The number of carbonyl (C=O) groups excluding carboxylic acids is 1. The molecule has 3 atom stereocenters. The summed E-state index contributed by atoms with van der Waals surface area (Å²) >= 11 is 5.71. The highest BCUT2D eigenvalue weighted by Crippen LogP contribution is 2.45. The van der Waals surface area contributed by atoms with Crippen LogP contribution in [0.3, 0.4) is 0 Å². The number of ether oxygens (including phenoxy) is 2. The standard InChI is InChI=1S/C24H21ClF2N4O3/c1-3-20(32)31-9-12-6-13(10-31)23(12)34-19-7-14-17(8-18(19)33-2)28-11-29-24(14)30-16-5-4-15(26)21(25)22(16)27/h3-5,7-8,11-13,23H,1,6,9-10H2,2H3,(H,28,29,30)/t12-,13+,23?. The average Bonchev–Trinajstić information content (AvgIpc) is 2.86. The van der Waals surface area contributed by atoms with Gasteiger partial charge in [-0.05, 0) is 30.7 Å². The minimum absolute atomic E-state index is 0.0230. The van der Waals surface area contributed by atoms with Crippen molar-refractivity contribution < 1.29 is 23.0 Å². The van der Waals surface area contributed by atoms with Gasteiger partial charge in [0.1, 0.15) is 29.1 Å². The van der Waals surface area contributed by atoms with Gasteiger partial charge in [0, 0.05) is 36.4 Å². The smallest absolute Gasteiger partial charge is 0.245 e. The van der Waals surface area contributed by atoms with Crippen molar-refractivity contribution >= 4 is 39.9 Å². The second kappa shape index (κ2) is 8.72. The first-order valence-corrected chi connectivity index (χ1v) is 11.1. The number of hydrogen-bond donors (Lipinski definition) is 1. The summed E-state index contributed by atoms with van der Waals surface area (Å²) in [6.45, 7) is 4.79. The van der Waals surface area contributed by atoms with Gasteiger partial charge >= 0.3 is 0 Å². The van der Waals surface area contributed by atoms with E-state index in [4.69, 9.17) is 21.1 Å². The summed E-state index contributed by atoms with van der Waals surface area (Å²) in [5.41, 5.74) is 0.525. The molecule has 0 radical (unpaired) electrons. The van der Waals surface area contributed by atoms with Crippen molar-refractivity contribution in [3.8, 4) is 11.5 Å². The van der Waals surface area contributed by atoms with Crippen LogP contribution in [0.1, 0.15) is 6.42 Å². The number of benzene rings is 2. The van der Waals surface area contributed by atoms with Crippen molar-refractivity contribution in [3.05, 3.63) is 59.9 Å². The molecule has 3 aromatic rings.